The Morgan fingerprint density at radius 1 is 1.19 bits per heavy atom. The molecule has 8 heteroatoms. The van der Waals surface area contributed by atoms with Gasteiger partial charge in [-0.2, -0.15) is 0 Å². The molecule has 1 atom stereocenters. The molecule has 0 spiro atoms. The lowest BCUT2D eigenvalue weighted by Crippen LogP contribution is -2.31. The smallest absolute Gasteiger partial charge is 0.283 e. The van der Waals surface area contributed by atoms with Crippen molar-refractivity contribution in [1.29, 1.82) is 0 Å². The van der Waals surface area contributed by atoms with E-state index in [1.54, 1.807) is 42.5 Å². The third-order valence-corrected chi connectivity index (χ3v) is 6.35. The van der Waals surface area contributed by atoms with Gasteiger partial charge in [-0.15, -0.1) is 0 Å². The predicted octanol–water partition coefficient (Wildman–Crippen LogP) is 2.88. The van der Waals surface area contributed by atoms with Crippen molar-refractivity contribution in [1.82, 2.24) is 9.29 Å². The third kappa shape index (κ3) is 3.71. The number of benzene rings is 1. The molecule has 1 aliphatic heterocycles. The Hall–Kier alpha value is -2.74. The average Bonchev–Trinajstić information content (AvgIpc) is 2.86. The SMILES string of the molecule is CCCCN1C(=O)C(=Nc2ccc(OC)nc2)C(c2ccccc2)S1(=O)=O. The van der Waals surface area contributed by atoms with Crippen LogP contribution in [0.2, 0.25) is 0 Å². The van der Waals surface area contributed by atoms with E-state index in [2.05, 4.69) is 9.98 Å². The van der Waals surface area contributed by atoms with Crippen molar-refractivity contribution >= 4 is 27.3 Å². The molecule has 1 aromatic carbocycles. The first kappa shape index (κ1) is 19.0. The van der Waals surface area contributed by atoms with E-state index in [1.165, 1.54) is 13.3 Å². The molecule has 0 bridgehead atoms. The molecule has 1 aliphatic rings. The monoisotopic (exact) mass is 387 g/mol. The van der Waals surface area contributed by atoms with Gasteiger partial charge in [-0.3, -0.25) is 4.79 Å². The fraction of sp³-hybridized carbons (Fsp3) is 0.316. The number of pyridine rings is 1. The summed E-state index contributed by atoms with van der Waals surface area (Å²) >= 11 is 0. The highest BCUT2D eigenvalue weighted by molar-refractivity contribution is 7.91. The number of hydrogen-bond acceptors (Lipinski definition) is 6. The third-order valence-electron chi connectivity index (χ3n) is 4.30. The van der Waals surface area contributed by atoms with Crippen molar-refractivity contribution in [3.63, 3.8) is 0 Å². The first-order chi connectivity index (χ1) is 13.0. The topological polar surface area (TPSA) is 88.9 Å². The predicted molar refractivity (Wildman–Crippen MR) is 103 cm³/mol. The maximum atomic E-state index is 13.1. The molecule has 1 unspecified atom stereocenters. The second-order valence-corrected chi connectivity index (χ2v) is 8.06. The second-order valence-electron chi connectivity index (χ2n) is 6.12. The highest BCUT2D eigenvalue weighted by Gasteiger charge is 2.50. The van der Waals surface area contributed by atoms with Gasteiger partial charge >= 0.3 is 0 Å². The van der Waals surface area contributed by atoms with Crippen LogP contribution in [0.25, 0.3) is 0 Å². The average molecular weight is 387 g/mol. The van der Waals surface area contributed by atoms with Gasteiger partial charge in [-0.1, -0.05) is 43.7 Å². The molecule has 1 saturated heterocycles. The molecule has 2 aromatic rings. The Labute approximate surface area is 158 Å². The summed E-state index contributed by atoms with van der Waals surface area (Å²) in [7, 11) is -2.38. The minimum Gasteiger partial charge on any atom is -0.481 e. The molecule has 3 rings (SSSR count). The van der Waals surface area contributed by atoms with Gasteiger partial charge in [-0.05, 0) is 18.1 Å². The zero-order valence-electron chi connectivity index (χ0n) is 15.2. The van der Waals surface area contributed by atoms with Gasteiger partial charge in [0.15, 0.2) is 5.25 Å². The molecule has 142 valence electrons. The van der Waals surface area contributed by atoms with Crippen LogP contribution < -0.4 is 4.74 Å². The summed E-state index contributed by atoms with van der Waals surface area (Å²) in [6.07, 6.45) is 2.83. The summed E-state index contributed by atoms with van der Waals surface area (Å²) in [6.45, 7) is 2.10. The summed E-state index contributed by atoms with van der Waals surface area (Å²) in [6, 6.07) is 11.9. The second kappa shape index (κ2) is 7.87. The first-order valence-corrected chi connectivity index (χ1v) is 10.2. The van der Waals surface area contributed by atoms with Crippen LogP contribution in [0.3, 0.4) is 0 Å². The van der Waals surface area contributed by atoms with Gasteiger partial charge in [0.25, 0.3) is 15.9 Å². The lowest BCUT2D eigenvalue weighted by Gasteiger charge is -2.15. The van der Waals surface area contributed by atoms with E-state index >= 15 is 0 Å². The number of aromatic nitrogens is 1. The number of sulfonamides is 1. The van der Waals surface area contributed by atoms with Crippen molar-refractivity contribution in [3.8, 4) is 5.88 Å². The molecular formula is C19H21N3O4S. The molecule has 0 aliphatic carbocycles. The van der Waals surface area contributed by atoms with Crippen LogP contribution in [0.1, 0.15) is 30.6 Å². The van der Waals surface area contributed by atoms with Gasteiger partial charge in [-0.25, -0.2) is 22.7 Å². The summed E-state index contributed by atoms with van der Waals surface area (Å²) < 4.78 is 32.2. The lowest BCUT2D eigenvalue weighted by molar-refractivity contribution is -0.119. The number of hydrogen-bond donors (Lipinski definition) is 0. The molecule has 27 heavy (non-hydrogen) atoms. The van der Waals surface area contributed by atoms with Crippen LogP contribution in [-0.4, -0.2) is 43.0 Å². The zero-order chi connectivity index (χ0) is 19.4. The molecule has 7 nitrogen and oxygen atoms in total. The quantitative estimate of drug-likeness (QED) is 0.760. The number of amides is 1. The number of unbranched alkanes of at least 4 members (excludes halogenated alkanes) is 1. The minimum absolute atomic E-state index is 0.00994. The van der Waals surface area contributed by atoms with E-state index in [1.807, 2.05) is 6.92 Å². The Kier molecular flexibility index (Phi) is 5.55. The van der Waals surface area contributed by atoms with Gasteiger partial charge in [0.05, 0.1) is 19.0 Å². The standard InChI is InChI=1S/C19H21N3O4S/c1-3-4-12-22-19(23)17(21-15-10-11-16(26-2)20-13-15)18(27(22,24)25)14-8-6-5-7-9-14/h5-11,13,18H,3-4,12H2,1-2H3. The molecule has 0 N–H and O–H groups in total. The molecule has 0 radical (unpaired) electrons. The number of rotatable bonds is 6. The molecule has 0 saturated carbocycles. The molecule has 2 heterocycles. The van der Waals surface area contributed by atoms with Gasteiger partial charge < -0.3 is 4.74 Å². The normalized spacial score (nSPS) is 20.2. The van der Waals surface area contributed by atoms with Gasteiger partial charge in [0.2, 0.25) is 5.88 Å². The molecule has 1 amide bonds. The maximum Gasteiger partial charge on any atom is 0.283 e. The van der Waals surface area contributed by atoms with Crippen LogP contribution in [0, 0.1) is 0 Å². The van der Waals surface area contributed by atoms with E-state index in [9.17, 15) is 13.2 Å². The van der Waals surface area contributed by atoms with Crippen molar-refractivity contribution in [3.05, 3.63) is 54.2 Å². The van der Waals surface area contributed by atoms with E-state index in [4.69, 9.17) is 4.74 Å². The van der Waals surface area contributed by atoms with Crippen molar-refractivity contribution in [2.75, 3.05) is 13.7 Å². The maximum absolute atomic E-state index is 13.1. The Bertz CT molecular complexity index is 941. The number of ether oxygens (including phenoxy) is 1. The fourth-order valence-electron chi connectivity index (χ4n) is 2.92. The molecule has 1 fully saturated rings. The van der Waals surface area contributed by atoms with E-state index < -0.39 is 21.2 Å². The Balaban J connectivity index is 2.09. The van der Waals surface area contributed by atoms with Crippen molar-refractivity contribution in [2.45, 2.75) is 25.0 Å². The summed E-state index contributed by atoms with van der Waals surface area (Å²) in [5, 5.41) is -1.12. The number of carbonyl (C=O) groups excluding carboxylic acids is 1. The fourth-order valence-corrected chi connectivity index (χ4v) is 4.82. The first-order valence-electron chi connectivity index (χ1n) is 8.68. The summed E-state index contributed by atoms with van der Waals surface area (Å²) in [4.78, 5) is 21.3. The lowest BCUT2D eigenvalue weighted by atomic mass is 10.1. The van der Waals surface area contributed by atoms with Crippen LogP contribution in [0.5, 0.6) is 5.88 Å². The van der Waals surface area contributed by atoms with E-state index in [0.29, 0.717) is 23.6 Å². The van der Waals surface area contributed by atoms with Crippen LogP contribution in [0.15, 0.2) is 53.7 Å². The number of aliphatic imine (C=N–C) groups is 1. The minimum atomic E-state index is -3.88. The zero-order valence-corrected chi connectivity index (χ0v) is 16.0. The van der Waals surface area contributed by atoms with E-state index in [0.717, 1.165) is 10.7 Å². The van der Waals surface area contributed by atoms with Crippen molar-refractivity contribution in [2.24, 2.45) is 4.99 Å². The van der Waals surface area contributed by atoms with E-state index in [-0.39, 0.29) is 12.3 Å². The summed E-state index contributed by atoms with van der Waals surface area (Å²) in [5.74, 6) is -0.165. The molecule has 1 aromatic heterocycles. The van der Waals surface area contributed by atoms with Crippen molar-refractivity contribution < 1.29 is 17.9 Å². The van der Waals surface area contributed by atoms with Crippen LogP contribution in [-0.2, 0) is 14.8 Å². The number of nitrogens with zero attached hydrogens (tertiary/aromatic N) is 3. The number of methoxy groups -OCH3 is 1. The highest BCUT2D eigenvalue weighted by Crippen LogP contribution is 2.36. The van der Waals surface area contributed by atoms with Crippen LogP contribution in [0.4, 0.5) is 5.69 Å². The molecular weight excluding hydrogens is 366 g/mol. The Morgan fingerprint density at radius 2 is 1.93 bits per heavy atom. The Morgan fingerprint density at radius 3 is 2.52 bits per heavy atom. The van der Waals surface area contributed by atoms with Crippen LogP contribution >= 0.6 is 0 Å². The van der Waals surface area contributed by atoms with Gasteiger partial charge in [0.1, 0.15) is 5.71 Å². The summed E-state index contributed by atoms with van der Waals surface area (Å²) in [5.41, 5.74) is 0.905. The number of carbonyl (C=O) groups is 1. The largest absolute Gasteiger partial charge is 0.481 e. The van der Waals surface area contributed by atoms with Gasteiger partial charge in [0, 0.05) is 12.6 Å². The highest BCUT2D eigenvalue weighted by atomic mass is 32.2.